The molecule has 2 N–H and O–H groups in total. The first kappa shape index (κ1) is 20.5. The predicted octanol–water partition coefficient (Wildman–Crippen LogP) is 4.34. The molecule has 4 rings (SSSR count). The van der Waals surface area contributed by atoms with Crippen molar-refractivity contribution in [3.05, 3.63) is 108 Å². The number of nitrogens with two attached hydrogens (primary N) is 1. The molecular formula is C25H23FN4O. The number of aromatic nitrogens is 2. The predicted molar refractivity (Wildman–Crippen MR) is 119 cm³/mol. The number of amides is 1. The van der Waals surface area contributed by atoms with Crippen LogP contribution >= 0.6 is 0 Å². The lowest BCUT2D eigenvalue weighted by atomic mass is 10.0. The van der Waals surface area contributed by atoms with Gasteiger partial charge in [0.05, 0.1) is 11.4 Å². The number of benzene rings is 3. The van der Waals surface area contributed by atoms with Gasteiger partial charge in [0.1, 0.15) is 11.9 Å². The molecular weight excluding hydrogens is 391 g/mol. The third-order valence-corrected chi connectivity index (χ3v) is 5.17. The van der Waals surface area contributed by atoms with E-state index in [2.05, 4.69) is 0 Å². The Morgan fingerprint density at radius 2 is 1.61 bits per heavy atom. The number of primary amides is 1. The molecule has 0 radical (unpaired) electrons. The van der Waals surface area contributed by atoms with Gasteiger partial charge in [-0.3, -0.25) is 9.69 Å². The standard InChI is InChI=1S/C25H23FN4O/c1-29(24(25(27)31)19-12-14-21(26)15-13-19)16-20-17-30(22-10-6-3-7-11-22)28-23(20)18-8-4-2-5-9-18/h2-15,17,24H,16H2,1H3,(H2,27,31). The molecule has 1 heterocycles. The van der Waals surface area contributed by atoms with E-state index in [0.717, 1.165) is 22.5 Å². The molecule has 1 unspecified atom stereocenters. The van der Waals surface area contributed by atoms with E-state index in [9.17, 15) is 9.18 Å². The van der Waals surface area contributed by atoms with Crippen molar-refractivity contribution in [3.63, 3.8) is 0 Å². The lowest BCUT2D eigenvalue weighted by Crippen LogP contribution is -2.35. The molecule has 1 aromatic heterocycles. The Morgan fingerprint density at radius 3 is 2.23 bits per heavy atom. The summed E-state index contributed by atoms with van der Waals surface area (Å²) in [6, 6.07) is 24.9. The third-order valence-electron chi connectivity index (χ3n) is 5.17. The van der Waals surface area contributed by atoms with Crippen LogP contribution in [0.25, 0.3) is 16.9 Å². The normalized spacial score (nSPS) is 12.1. The number of hydrogen-bond acceptors (Lipinski definition) is 3. The third kappa shape index (κ3) is 4.54. The lowest BCUT2D eigenvalue weighted by Gasteiger charge is -2.25. The number of nitrogens with zero attached hydrogens (tertiary/aromatic N) is 3. The summed E-state index contributed by atoms with van der Waals surface area (Å²) in [5, 5.41) is 4.82. The van der Waals surface area contributed by atoms with Crippen molar-refractivity contribution in [2.45, 2.75) is 12.6 Å². The number of halogens is 1. The van der Waals surface area contributed by atoms with E-state index in [1.165, 1.54) is 12.1 Å². The largest absolute Gasteiger partial charge is 0.368 e. The fraction of sp³-hybridized carbons (Fsp3) is 0.120. The zero-order chi connectivity index (χ0) is 21.8. The molecule has 0 bridgehead atoms. The van der Waals surface area contributed by atoms with Crippen molar-refractivity contribution in [2.24, 2.45) is 5.73 Å². The van der Waals surface area contributed by atoms with Crippen molar-refractivity contribution in [1.82, 2.24) is 14.7 Å². The summed E-state index contributed by atoms with van der Waals surface area (Å²) in [5.74, 6) is -0.851. The Balaban J connectivity index is 1.71. The topological polar surface area (TPSA) is 64.2 Å². The molecule has 0 saturated carbocycles. The smallest absolute Gasteiger partial charge is 0.239 e. The molecule has 31 heavy (non-hydrogen) atoms. The van der Waals surface area contributed by atoms with Crippen LogP contribution in [0.4, 0.5) is 4.39 Å². The van der Waals surface area contributed by atoms with E-state index in [-0.39, 0.29) is 5.82 Å². The van der Waals surface area contributed by atoms with Crippen LogP contribution in [0.5, 0.6) is 0 Å². The first-order chi connectivity index (χ1) is 15.0. The first-order valence-electron chi connectivity index (χ1n) is 9.97. The summed E-state index contributed by atoms with van der Waals surface area (Å²) < 4.78 is 15.2. The minimum atomic E-state index is -0.690. The molecule has 3 aromatic carbocycles. The molecule has 0 aliphatic rings. The van der Waals surface area contributed by atoms with E-state index in [4.69, 9.17) is 10.8 Å². The van der Waals surface area contributed by atoms with E-state index in [0.29, 0.717) is 12.1 Å². The summed E-state index contributed by atoms with van der Waals surface area (Å²) >= 11 is 0. The maximum atomic E-state index is 13.4. The average Bonchev–Trinajstić information content (AvgIpc) is 3.20. The van der Waals surface area contributed by atoms with Crippen LogP contribution in [0.15, 0.2) is 91.1 Å². The maximum Gasteiger partial charge on any atom is 0.239 e. The number of hydrogen-bond donors (Lipinski definition) is 1. The highest BCUT2D eigenvalue weighted by Crippen LogP contribution is 2.28. The van der Waals surface area contributed by atoms with Crippen LogP contribution in [0.1, 0.15) is 17.2 Å². The summed E-state index contributed by atoms with van der Waals surface area (Å²) in [6.07, 6.45) is 1.97. The van der Waals surface area contributed by atoms with Gasteiger partial charge in [-0.2, -0.15) is 5.10 Å². The monoisotopic (exact) mass is 414 g/mol. The molecule has 0 saturated heterocycles. The SMILES string of the molecule is CN(Cc1cn(-c2ccccc2)nc1-c1ccccc1)C(C(N)=O)c1ccc(F)cc1. The van der Waals surface area contributed by atoms with Gasteiger partial charge in [-0.25, -0.2) is 9.07 Å². The van der Waals surface area contributed by atoms with Gasteiger partial charge in [0.15, 0.2) is 0 Å². The number of likely N-dealkylation sites (N-methyl/N-ethyl adjacent to an activating group) is 1. The minimum Gasteiger partial charge on any atom is -0.368 e. The zero-order valence-corrected chi connectivity index (χ0v) is 17.1. The van der Waals surface area contributed by atoms with Crippen molar-refractivity contribution in [2.75, 3.05) is 7.05 Å². The van der Waals surface area contributed by atoms with Crippen molar-refractivity contribution >= 4 is 5.91 Å². The maximum absolute atomic E-state index is 13.4. The highest BCUT2D eigenvalue weighted by molar-refractivity contribution is 5.81. The number of rotatable bonds is 7. The van der Waals surface area contributed by atoms with Gasteiger partial charge >= 0.3 is 0 Å². The quantitative estimate of drug-likeness (QED) is 0.489. The molecule has 0 fully saturated rings. The van der Waals surface area contributed by atoms with Crippen LogP contribution in [0, 0.1) is 5.82 Å². The summed E-state index contributed by atoms with van der Waals surface area (Å²) in [4.78, 5) is 14.1. The molecule has 0 spiro atoms. The molecule has 1 atom stereocenters. The second-order valence-electron chi connectivity index (χ2n) is 7.42. The zero-order valence-electron chi connectivity index (χ0n) is 17.1. The molecule has 4 aromatic rings. The van der Waals surface area contributed by atoms with Crippen LogP contribution in [0.3, 0.4) is 0 Å². The Bertz CT molecular complexity index is 1160. The van der Waals surface area contributed by atoms with Gasteiger partial charge in [0.25, 0.3) is 0 Å². The highest BCUT2D eigenvalue weighted by Gasteiger charge is 2.25. The fourth-order valence-electron chi connectivity index (χ4n) is 3.72. The minimum absolute atomic E-state index is 0.356. The van der Waals surface area contributed by atoms with Crippen LogP contribution < -0.4 is 5.73 Å². The van der Waals surface area contributed by atoms with Gasteiger partial charge in [0, 0.05) is 23.9 Å². The van der Waals surface area contributed by atoms with Crippen molar-refractivity contribution in [1.29, 1.82) is 0 Å². The summed E-state index contributed by atoms with van der Waals surface area (Å²) in [6.45, 7) is 0.433. The van der Waals surface area contributed by atoms with E-state index in [1.54, 1.807) is 12.1 Å². The average molecular weight is 414 g/mol. The number of para-hydroxylation sites is 1. The second-order valence-corrected chi connectivity index (χ2v) is 7.42. The molecule has 5 nitrogen and oxygen atoms in total. The van der Waals surface area contributed by atoms with Gasteiger partial charge < -0.3 is 5.73 Å². The van der Waals surface area contributed by atoms with E-state index in [1.807, 2.05) is 83.5 Å². The van der Waals surface area contributed by atoms with Gasteiger partial charge in [-0.05, 0) is 36.9 Å². The van der Waals surface area contributed by atoms with Gasteiger partial charge in [-0.15, -0.1) is 0 Å². The Labute approximate surface area is 180 Å². The van der Waals surface area contributed by atoms with E-state index >= 15 is 0 Å². The fourth-order valence-corrected chi connectivity index (χ4v) is 3.72. The number of carbonyl (C=O) groups is 1. The lowest BCUT2D eigenvalue weighted by molar-refractivity contribution is -0.123. The highest BCUT2D eigenvalue weighted by atomic mass is 19.1. The van der Waals surface area contributed by atoms with Gasteiger partial charge in [-0.1, -0.05) is 60.7 Å². The molecule has 1 amide bonds. The molecule has 0 aliphatic heterocycles. The van der Waals surface area contributed by atoms with E-state index < -0.39 is 11.9 Å². The van der Waals surface area contributed by atoms with Gasteiger partial charge in [0.2, 0.25) is 5.91 Å². The summed E-state index contributed by atoms with van der Waals surface area (Å²) in [7, 11) is 1.83. The Kier molecular flexibility index (Phi) is 5.91. The summed E-state index contributed by atoms with van der Waals surface area (Å²) in [5.41, 5.74) is 10.1. The first-order valence-corrected chi connectivity index (χ1v) is 9.97. The van der Waals surface area contributed by atoms with Crippen molar-refractivity contribution < 1.29 is 9.18 Å². The van der Waals surface area contributed by atoms with Crippen LogP contribution in [0.2, 0.25) is 0 Å². The molecule has 156 valence electrons. The van der Waals surface area contributed by atoms with Crippen LogP contribution in [-0.4, -0.2) is 27.6 Å². The Morgan fingerprint density at radius 1 is 1.00 bits per heavy atom. The number of carbonyl (C=O) groups excluding carboxylic acids is 1. The Hall–Kier alpha value is -3.77. The van der Waals surface area contributed by atoms with Crippen LogP contribution in [-0.2, 0) is 11.3 Å². The molecule has 0 aliphatic carbocycles. The van der Waals surface area contributed by atoms with Crippen molar-refractivity contribution in [3.8, 4) is 16.9 Å². The second kappa shape index (κ2) is 8.93. The molecule has 6 heteroatoms.